The molecule has 22 heavy (non-hydrogen) atoms. The lowest BCUT2D eigenvalue weighted by atomic mass is 10.1. The fraction of sp³-hybridized carbons (Fsp3) is 0.867. The molecule has 130 valence electrons. The molecule has 7 heteroatoms. The van der Waals surface area contributed by atoms with Crippen molar-refractivity contribution >= 4 is 47.7 Å². The zero-order valence-corrected chi connectivity index (χ0v) is 17.4. The molecular weight excluding hydrogens is 413 g/mol. The van der Waals surface area contributed by atoms with Crippen LogP contribution in [0, 0.1) is 11.8 Å². The summed E-state index contributed by atoms with van der Waals surface area (Å²) in [7, 11) is 1.42. The van der Waals surface area contributed by atoms with Crippen LogP contribution in [0.3, 0.4) is 0 Å². The van der Waals surface area contributed by atoms with Crippen LogP contribution in [0.5, 0.6) is 0 Å². The van der Waals surface area contributed by atoms with Gasteiger partial charge in [0.25, 0.3) is 0 Å². The van der Waals surface area contributed by atoms with E-state index in [1.165, 1.54) is 7.11 Å². The Morgan fingerprint density at radius 3 is 2.68 bits per heavy atom. The first-order valence-corrected chi connectivity index (χ1v) is 8.77. The van der Waals surface area contributed by atoms with Gasteiger partial charge in [0.1, 0.15) is 0 Å². The Kier molecular flexibility index (Phi) is 11.3. The van der Waals surface area contributed by atoms with Gasteiger partial charge in [-0.1, -0.05) is 20.8 Å². The van der Waals surface area contributed by atoms with Crippen molar-refractivity contribution in [2.75, 3.05) is 39.0 Å². The largest absolute Gasteiger partial charge is 0.469 e. The summed E-state index contributed by atoms with van der Waals surface area (Å²) in [6.07, 6.45) is 0. The third kappa shape index (κ3) is 6.93. The number of rotatable bonds is 5. The molecule has 0 aromatic rings. The zero-order chi connectivity index (χ0) is 15.8. The third-order valence-electron chi connectivity index (χ3n) is 3.59. The average Bonchev–Trinajstić information content (AvgIpc) is 2.50. The first-order valence-electron chi connectivity index (χ1n) is 7.72. The quantitative estimate of drug-likeness (QED) is 0.306. The van der Waals surface area contributed by atoms with Crippen molar-refractivity contribution in [3.05, 3.63) is 0 Å². The Labute approximate surface area is 156 Å². The maximum Gasteiger partial charge on any atom is 0.310 e. The van der Waals surface area contributed by atoms with E-state index in [9.17, 15) is 4.79 Å². The first kappa shape index (κ1) is 21.8. The van der Waals surface area contributed by atoms with Gasteiger partial charge in [0.2, 0.25) is 0 Å². The van der Waals surface area contributed by atoms with E-state index in [1.807, 2.05) is 18.7 Å². The lowest BCUT2D eigenvalue weighted by molar-refractivity contribution is -0.144. The molecule has 1 fully saturated rings. The van der Waals surface area contributed by atoms with Gasteiger partial charge in [0.15, 0.2) is 5.96 Å². The lowest BCUT2D eigenvalue weighted by Crippen LogP contribution is -2.49. The molecular formula is C15H30IN3O2S. The summed E-state index contributed by atoms with van der Waals surface area (Å²) in [6.45, 7) is 11.8. The number of nitrogens with zero attached hydrogens (tertiary/aromatic N) is 2. The number of nitrogens with one attached hydrogen (secondary N) is 1. The molecule has 0 spiro atoms. The number of ether oxygens (including phenoxy) is 1. The molecule has 0 aliphatic carbocycles. The Morgan fingerprint density at radius 1 is 1.45 bits per heavy atom. The van der Waals surface area contributed by atoms with Crippen LogP contribution >= 0.6 is 35.7 Å². The predicted molar refractivity (Wildman–Crippen MR) is 105 cm³/mol. The van der Waals surface area contributed by atoms with Crippen LogP contribution in [0.4, 0.5) is 0 Å². The summed E-state index contributed by atoms with van der Waals surface area (Å²) in [5.41, 5.74) is 0. The van der Waals surface area contributed by atoms with E-state index in [4.69, 9.17) is 4.74 Å². The van der Waals surface area contributed by atoms with Gasteiger partial charge in [-0.05, 0) is 12.8 Å². The van der Waals surface area contributed by atoms with E-state index in [-0.39, 0.29) is 35.9 Å². The van der Waals surface area contributed by atoms with Crippen molar-refractivity contribution < 1.29 is 9.53 Å². The van der Waals surface area contributed by atoms with E-state index in [0.717, 1.165) is 31.3 Å². The molecule has 0 amide bonds. The summed E-state index contributed by atoms with van der Waals surface area (Å²) in [6, 6.07) is 0. The second-order valence-corrected chi connectivity index (χ2v) is 7.07. The van der Waals surface area contributed by atoms with Crippen LogP contribution in [0.1, 0.15) is 27.7 Å². The highest BCUT2D eigenvalue weighted by Crippen LogP contribution is 2.24. The molecule has 1 aliphatic rings. The van der Waals surface area contributed by atoms with Gasteiger partial charge in [-0.15, -0.1) is 24.0 Å². The summed E-state index contributed by atoms with van der Waals surface area (Å²) in [5.74, 6) is 2.29. The normalized spacial score (nSPS) is 20.4. The number of carbonyl (C=O) groups excluding carboxylic acids is 1. The van der Waals surface area contributed by atoms with Gasteiger partial charge in [-0.3, -0.25) is 9.79 Å². The molecule has 2 unspecified atom stereocenters. The molecule has 1 aliphatic heterocycles. The zero-order valence-electron chi connectivity index (χ0n) is 14.3. The number of methoxy groups -OCH3 is 1. The molecule has 2 atom stereocenters. The number of carbonyl (C=O) groups is 1. The van der Waals surface area contributed by atoms with Crippen LogP contribution in [0.25, 0.3) is 0 Å². The number of guanidine groups is 1. The molecule has 0 aromatic carbocycles. The Balaban J connectivity index is 0.00000441. The third-order valence-corrected chi connectivity index (χ3v) is 5.13. The second kappa shape index (κ2) is 11.4. The minimum Gasteiger partial charge on any atom is -0.469 e. The summed E-state index contributed by atoms with van der Waals surface area (Å²) >= 11 is 2.04. The summed E-state index contributed by atoms with van der Waals surface area (Å²) in [5, 5.41) is 3.98. The van der Waals surface area contributed by atoms with Crippen LogP contribution in [-0.4, -0.2) is 61.1 Å². The molecule has 0 saturated carbocycles. The number of halogens is 1. The number of hydrogen-bond acceptors (Lipinski definition) is 4. The van der Waals surface area contributed by atoms with Crippen LogP contribution in [0.15, 0.2) is 4.99 Å². The van der Waals surface area contributed by atoms with Gasteiger partial charge >= 0.3 is 5.97 Å². The molecule has 1 rings (SSSR count). The molecule has 1 saturated heterocycles. The van der Waals surface area contributed by atoms with Gasteiger partial charge in [-0.2, -0.15) is 11.8 Å². The Morgan fingerprint density at radius 2 is 2.14 bits per heavy atom. The molecule has 1 heterocycles. The Bertz CT molecular complexity index is 367. The van der Waals surface area contributed by atoms with Gasteiger partial charge in [0, 0.05) is 30.6 Å². The number of aliphatic imine (C=N–C) groups is 1. The fourth-order valence-electron chi connectivity index (χ4n) is 2.20. The predicted octanol–water partition coefficient (Wildman–Crippen LogP) is 2.45. The monoisotopic (exact) mass is 443 g/mol. The van der Waals surface area contributed by atoms with Crippen LogP contribution < -0.4 is 5.32 Å². The van der Waals surface area contributed by atoms with Crippen molar-refractivity contribution in [3.63, 3.8) is 0 Å². The fourth-order valence-corrected chi connectivity index (χ4v) is 3.49. The van der Waals surface area contributed by atoms with Gasteiger partial charge in [-0.25, -0.2) is 0 Å². The summed E-state index contributed by atoms with van der Waals surface area (Å²) < 4.78 is 4.75. The molecule has 0 radical (unpaired) electrons. The van der Waals surface area contributed by atoms with Crippen molar-refractivity contribution in [2.45, 2.75) is 32.9 Å². The lowest BCUT2D eigenvalue weighted by Gasteiger charge is -2.36. The molecule has 0 bridgehead atoms. The highest BCUT2D eigenvalue weighted by atomic mass is 127. The van der Waals surface area contributed by atoms with E-state index in [2.05, 4.69) is 36.0 Å². The smallest absolute Gasteiger partial charge is 0.310 e. The Hall–Kier alpha value is -0.180. The van der Waals surface area contributed by atoms with E-state index >= 15 is 0 Å². The number of thioether (sulfide) groups is 1. The maximum atomic E-state index is 11.5. The summed E-state index contributed by atoms with van der Waals surface area (Å²) in [4.78, 5) is 18.4. The number of hydrogen-bond donors (Lipinski definition) is 1. The topological polar surface area (TPSA) is 53.9 Å². The van der Waals surface area contributed by atoms with Gasteiger partial charge < -0.3 is 15.0 Å². The van der Waals surface area contributed by atoms with Crippen LogP contribution in [-0.2, 0) is 9.53 Å². The highest BCUT2D eigenvalue weighted by Gasteiger charge is 2.25. The van der Waals surface area contributed by atoms with E-state index in [1.54, 1.807) is 0 Å². The minimum absolute atomic E-state index is 0. The van der Waals surface area contributed by atoms with E-state index < -0.39 is 0 Å². The molecule has 1 N–H and O–H groups in total. The maximum absolute atomic E-state index is 11.5. The van der Waals surface area contributed by atoms with Crippen molar-refractivity contribution in [1.82, 2.24) is 10.2 Å². The van der Waals surface area contributed by atoms with Crippen molar-refractivity contribution in [3.8, 4) is 0 Å². The molecule has 5 nitrogen and oxygen atoms in total. The first-order chi connectivity index (χ1) is 9.99. The van der Waals surface area contributed by atoms with Crippen LogP contribution in [0.2, 0.25) is 0 Å². The second-order valence-electron chi connectivity index (χ2n) is 5.72. The highest BCUT2D eigenvalue weighted by molar-refractivity contribution is 14.0. The standard InChI is InChI=1S/C15H29N3O2S.HI/c1-6-16-15(17-9-12(4)14(19)20-5)18-7-8-21-13(10-18)11(2)3;/h11-13H,6-10H2,1-5H3,(H,16,17);1H. The van der Waals surface area contributed by atoms with E-state index in [0.29, 0.717) is 17.7 Å². The van der Waals surface area contributed by atoms with Crippen molar-refractivity contribution in [2.24, 2.45) is 16.8 Å². The number of esters is 1. The molecule has 0 aromatic heterocycles. The van der Waals surface area contributed by atoms with Gasteiger partial charge in [0.05, 0.1) is 19.6 Å². The SMILES string of the molecule is CCNC(=NCC(C)C(=O)OC)N1CCSC(C(C)C)C1.I. The minimum atomic E-state index is -0.205. The van der Waals surface area contributed by atoms with Crippen molar-refractivity contribution in [1.29, 1.82) is 0 Å². The average molecular weight is 443 g/mol.